The van der Waals surface area contributed by atoms with Gasteiger partial charge < -0.3 is 9.73 Å². The molecule has 0 aliphatic rings. The molecule has 3 rings (SSSR count). The summed E-state index contributed by atoms with van der Waals surface area (Å²) in [6.07, 6.45) is 3.29. The van der Waals surface area contributed by atoms with E-state index in [1.165, 1.54) is 10.9 Å². The van der Waals surface area contributed by atoms with Gasteiger partial charge in [-0.05, 0) is 44.4 Å². The fourth-order valence-electron chi connectivity index (χ4n) is 2.83. The molecule has 1 aromatic carbocycles. The van der Waals surface area contributed by atoms with E-state index in [4.69, 9.17) is 4.42 Å². The predicted molar refractivity (Wildman–Crippen MR) is 106 cm³/mol. The molecule has 1 amide bonds. The highest BCUT2D eigenvalue weighted by Gasteiger charge is 2.17. The Morgan fingerprint density at radius 2 is 2.19 bits per heavy atom. The van der Waals surface area contributed by atoms with E-state index >= 15 is 0 Å². The van der Waals surface area contributed by atoms with E-state index < -0.39 is 0 Å². The molecular weight excluding hydrogens is 412 g/mol. The normalized spacial score (nSPS) is 12.4. The smallest absolute Gasteiger partial charge is 0.261 e. The lowest BCUT2D eigenvalue weighted by Gasteiger charge is -2.22. The molecule has 3 aromatic rings. The van der Waals surface area contributed by atoms with Crippen molar-refractivity contribution in [2.24, 2.45) is 0 Å². The van der Waals surface area contributed by atoms with Crippen molar-refractivity contribution in [2.45, 2.75) is 19.0 Å². The summed E-state index contributed by atoms with van der Waals surface area (Å²) in [5.41, 5.74) is 0.479. The Morgan fingerprint density at radius 3 is 2.89 bits per heavy atom. The number of carbonyl (C=O) groups excluding carboxylic acids is 1. The van der Waals surface area contributed by atoms with E-state index in [0.717, 1.165) is 10.2 Å². The van der Waals surface area contributed by atoms with Crippen LogP contribution in [0.1, 0.15) is 18.2 Å². The topological polar surface area (TPSA) is 80.4 Å². The molecule has 0 radical (unpaired) electrons. The Bertz CT molecular complexity index is 982. The van der Waals surface area contributed by atoms with Gasteiger partial charge in [-0.3, -0.25) is 19.1 Å². The van der Waals surface area contributed by atoms with Gasteiger partial charge in [-0.2, -0.15) is 0 Å². The number of furan rings is 1. The minimum atomic E-state index is -0.157. The van der Waals surface area contributed by atoms with Crippen LogP contribution in [0.25, 0.3) is 10.9 Å². The van der Waals surface area contributed by atoms with Crippen LogP contribution in [0.15, 0.2) is 56.6 Å². The zero-order valence-electron chi connectivity index (χ0n) is 15.2. The summed E-state index contributed by atoms with van der Waals surface area (Å²) in [6, 6.07) is 9.03. The highest BCUT2D eigenvalue weighted by molar-refractivity contribution is 9.10. The number of carbonyl (C=O) groups is 1. The van der Waals surface area contributed by atoms with Gasteiger partial charge in [-0.1, -0.05) is 15.9 Å². The molecule has 0 fully saturated rings. The zero-order valence-corrected chi connectivity index (χ0v) is 16.8. The number of likely N-dealkylation sites (N-methyl/N-ethyl adjacent to an activating group) is 1. The number of aromatic nitrogens is 2. The maximum Gasteiger partial charge on any atom is 0.261 e. The molecule has 2 aromatic heterocycles. The first-order valence-corrected chi connectivity index (χ1v) is 9.36. The molecule has 8 heteroatoms. The fourth-order valence-corrected chi connectivity index (χ4v) is 3.19. The maximum atomic E-state index is 12.6. The highest BCUT2D eigenvalue weighted by atomic mass is 79.9. The lowest BCUT2D eigenvalue weighted by atomic mass is 10.2. The molecule has 1 N–H and O–H groups in total. The van der Waals surface area contributed by atoms with E-state index in [2.05, 4.69) is 26.2 Å². The lowest BCUT2D eigenvalue weighted by molar-refractivity contribution is -0.121. The molecule has 0 spiro atoms. The standard InChI is InChI=1S/C19H21BrN4O3/c1-23(2)16(17-4-3-9-27-17)11-21-18(25)7-8-24-12-22-15-6-5-13(20)10-14(15)19(24)26/h3-6,9-10,12,16H,7-8,11H2,1-2H3,(H,21,25). The molecular formula is C19H21BrN4O3. The average Bonchev–Trinajstić information content (AvgIpc) is 3.16. The number of nitrogens with zero attached hydrogens (tertiary/aromatic N) is 3. The fraction of sp³-hybridized carbons (Fsp3) is 0.316. The minimum absolute atomic E-state index is 0.0497. The summed E-state index contributed by atoms with van der Waals surface area (Å²) < 4.78 is 7.71. The van der Waals surface area contributed by atoms with Crippen molar-refractivity contribution in [1.82, 2.24) is 19.8 Å². The SMILES string of the molecule is CN(C)C(CNC(=O)CCn1cnc2ccc(Br)cc2c1=O)c1ccco1. The second-order valence-electron chi connectivity index (χ2n) is 6.45. The summed E-state index contributed by atoms with van der Waals surface area (Å²) in [4.78, 5) is 31.1. The molecule has 0 aliphatic carbocycles. The molecule has 7 nitrogen and oxygen atoms in total. The third-order valence-corrected chi connectivity index (χ3v) is 4.85. The van der Waals surface area contributed by atoms with Gasteiger partial charge in [0.15, 0.2) is 0 Å². The average molecular weight is 433 g/mol. The summed E-state index contributed by atoms with van der Waals surface area (Å²) in [5, 5.41) is 3.43. The van der Waals surface area contributed by atoms with Crippen molar-refractivity contribution in [3.8, 4) is 0 Å². The van der Waals surface area contributed by atoms with E-state index in [0.29, 0.717) is 17.4 Å². The second-order valence-corrected chi connectivity index (χ2v) is 7.37. The van der Waals surface area contributed by atoms with Crippen molar-refractivity contribution < 1.29 is 9.21 Å². The van der Waals surface area contributed by atoms with Crippen LogP contribution in [-0.4, -0.2) is 41.0 Å². The number of halogens is 1. The molecule has 0 bridgehead atoms. The van der Waals surface area contributed by atoms with E-state index in [1.807, 2.05) is 37.2 Å². The maximum absolute atomic E-state index is 12.6. The third-order valence-electron chi connectivity index (χ3n) is 4.35. The number of rotatable bonds is 7. The van der Waals surface area contributed by atoms with Crippen molar-refractivity contribution in [3.05, 3.63) is 63.5 Å². The van der Waals surface area contributed by atoms with Crippen molar-refractivity contribution >= 4 is 32.7 Å². The van der Waals surface area contributed by atoms with Crippen molar-refractivity contribution in [3.63, 3.8) is 0 Å². The Labute approximate surface area is 165 Å². The molecule has 0 aliphatic heterocycles. The van der Waals surface area contributed by atoms with Gasteiger partial charge in [0, 0.05) is 24.0 Å². The van der Waals surface area contributed by atoms with Gasteiger partial charge >= 0.3 is 0 Å². The van der Waals surface area contributed by atoms with Gasteiger partial charge in [0.2, 0.25) is 5.91 Å². The molecule has 1 atom stereocenters. The van der Waals surface area contributed by atoms with Crippen LogP contribution in [0.4, 0.5) is 0 Å². The number of hydrogen-bond donors (Lipinski definition) is 1. The van der Waals surface area contributed by atoms with Crippen LogP contribution in [-0.2, 0) is 11.3 Å². The Balaban J connectivity index is 1.61. The quantitative estimate of drug-likeness (QED) is 0.620. The number of hydrogen-bond acceptors (Lipinski definition) is 5. The molecule has 0 saturated carbocycles. The largest absolute Gasteiger partial charge is 0.468 e. The van der Waals surface area contributed by atoms with E-state index in [9.17, 15) is 9.59 Å². The van der Waals surface area contributed by atoms with Gasteiger partial charge in [-0.25, -0.2) is 4.98 Å². The molecule has 0 saturated heterocycles. The number of benzene rings is 1. The number of amides is 1. The summed E-state index contributed by atoms with van der Waals surface area (Å²) in [6.45, 7) is 0.699. The van der Waals surface area contributed by atoms with Crippen LogP contribution >= 0.6 is 15.9 Å². The van der Waals surface area contributed by atoms with E-state index in [-0.39, 0.29) is 30.5 Å². The number of fused-ring (bicyclic) bond motifs is 1. The minimum Gasteiger partial charge on any atom is -0.468 e. The second kappa shape index (κ2) is 8.49. The zero-order chi connectivity index (χ0) is 19.4. The Hall–Kier alpha value is -2.45. The summed E-state index contributed by atoms with van der Waals surface area (Å²) in [5.74, 6) is 0.662. The van der Waals surface area contributed by atoms with Crippen molar-refractivity contribution in [1.29, 1.82) is 0 Å². The molecule has 1 unspecified atom stereocenters. The first-order valence-electron chi connectivity index (χ1n) is 8.57. The van der Waals surface area contributed by atoms with E-state index in [1.54, 1.807) is 18.4 Å². The van der Waals surface area contributed by atoms with Crippen LogP contribution < -0.4 is 10.9 Å². The molecule has 142 valence electrons. The monoisotopic (exact) mass is 432 g/mol. The highest BCUT2D eigenvalue weighted by Crippen LogP contribution is 2.17. The van der Waals surface area contributed by atoms with Gasteiger partial charge in [0.05, 0.1) is 29.5 Å². The van der Waals surface area contributed by atoms with Crippen LogP contribution in [0.5, 0.6) is 0 Å². The lowest BCUT2D eigenvalue weighted by Crippen LogP contribution is -2.35. The van der Waals surface area contributed by atoms with Crippen LogP contribution in [0.3, 0.4) is 0 Å². The van der Waals surface area contributed by atoms with Crippen molar-refractivity contribution in [2.75, 3.05) is 20.6 Å². The predicted octanol–water partition coefficient (Wildman–Crippen LogP) is 2.56. The first kappa shape index (κ1) is 19.3. The van der Waals surface area contributed by atoms with Crippen LogP contribution in [0.2, 0.25) is 0 Å². The first-order chi connectivity index (χ1) is 13.0. The summed E-state index contributed by atoms with van der Waals surface area (Å²) in [7, 11) is 3.86. The third kappa shape index (κ3) is 4.64. The number of aryl methyl sites for hydroxylation is 1. The molecule has 27 heavy (non-hydrogen) atoms. The summed E-state index contributed by atoms with van der Waals surface area (Å²) >= 11 is 3.36. The van der Waals surface area contributed by atoms with Gasteiger partial charge in [0.1, 0.15) is 5.76 Å². The van der Waals surface area contributed by atoms with Gasteiger partial charge in [-0.15, -0.1) is 0 Å². The Kier molecular flexibility index (Phi) is 6.08. The van der Waals surface area contributed by atoms with Crippen LogP contribution in [0, 0.1) is 0 Å². The number of nitrogens with one attached hydrogen (secondary N) is 1. The Morgan fingerprint density at radius 1 is 1.37 bits per heavy atom. The van der Waals surface area contributed by atoms with Gasteiger partial charge in [0.25, 0.3) is 5.56 Å². The molecule has 2 heterocycles.